The predicted octanol–water partition coefficient (Wildman–Crippen LogP) is 2.85. The quantitative estimate of drug-likeness (QED) is 0.594. The van der Waals surface area contributed by atoms with Gasteiger partial charge in [-0.3, -0.25) is 4.79 Å². The highest BCUT2D eigenvalue weighted by Gasteiger charge is 2.17. The third-order valence-corrected chi connectivity index (χ3v) is 3.93. The lowest BCUT2D eigenvalue weighted by atomic mass is 10.1. The molecule has 0 radical (unpaired) electrons. The number of methoxy groups -OCH3 is 1. The number of aryl methyl sites for hydroxylation is 1. The van der Waals surface area contributed by atoms with E-state index in [2.05, 4.69) is 5.32 Å². The molecule has 3 N–H and O–H groups in total. The normalized spacial score (nSPS) is 10.3. The molecule has 138 valence electrons. The van der Waals surface area contributed by atoms with Gasteiger partial charge in [-0.2, -0.15) is 0 Å². The Morgan fingerprint density at radius 1 is 1.27 bits per heavy atom. The zero-order valence-corrected chi connectivity index (χ0v) is 15.0. The number of esters is 1. The Morgan fingerprint density at radius 2 is 2.00 bits per heavy atom. The monoisotopic (exact) mass is 380 g/mol. The number of halogens is 2. The third kappa shape index (κ3) is 4.86. The average Bonchev–Trinajstić information content (AvgIpc) is 2.62. The molecule has 8 heteroatoms. The molecule has 2 aromatic carbocycles. The van der Waals surface area contributed by atoms with Crippen molar-refractivity contribution in [2.45, 2.75) is 13.5 Å². The summed E-state index contributed by atoms with van der Waals surface area (Å²) in [7, 11) is 1.37. The van der Waals surface area contributed by atoms with Gasteiger partial charge in [0.2, 0.25) is 0 Å². The number of carbonyl (C=O) groups is 2. The van der Waals surface area contributed by atoms with E-state index in [0.29, 0.717) is 11.1 Å². The molecule has 0 fully saturated rings. The number of nitrogens with two attached hydrogens (primary N) is 1. The zero-order valence-electron chi connectivity index (χ0n) is 14.3. The van der Waals surface area contributed by atoms with Crippen molar-refractivity contribution in [3.05, 3.63) is 57.9 Å². The molecule has 0 spiro atoms. The predicted molar refractivity (Wildman–Crippen MR) is 95.7 cm³/mol. The van der Waals surface area contributed by atoms with E-state index in [9.17, 15) is 14.0 Å². The van der Waals surface area contributed by atoms with Gasteiger partial charge in [-0.15, -0.1) is 0 Å². The van der Waals surface area contributed by atoms with Gasteiger partial charge in [0.05, 0.1) is 17.8 Å². The molecule has 0 saturated carbocycles. The first-order chi connectivity index (χ1) is 12.3. The SMILES string of the molecule is COc1cc(N)c(Cl)cc1C(=O)OCC(=O)NCc1ccc(C)c(F)c1. The smallest absolute Gasteiger partial charge is 0.342 e. The van der Waals surface area contributed by atoms with E-state index in [-0.39, 0.29) is 34.4 Å². The van der Waals surface area contributed by atoms with E-state index in [1.54, 1.807) is 19.1 Å². The maximum atomic E-state index is 13.5. The summed E-state index contributed by atoms with van der Waals surface area (Å²) in [5, 5.41) is 2.71. The Balaban J connectivity index is 1.91. The summed E-state index contributed by atoms with van der Waals surface area (Å²) in [6, 6.07) is 7.36. The largest absolute Gasteiger partial charge is 0.496 e. The third-order valence-electron chi connectivity index (χ3n) is 3.60. The average molecular weight is 381 g/mol. The van der Waals surface area contributed by atoms with Crippen LogP contribution in [0.15, 0.2) is 30.3 Å². The van der Waals surface area contributed by atoms with E-state index in [1.165, 1.54) is 25.3 Å². The number of nitrogen functional groups attached to an aromatic ring is 1. The fourth-order valence-electron chi connectivity index (χ4n) is 2.10. The second-order valence-corrected chi connectivity index (χ2v) is 5.92. The summed E-state index contributed by atoms with van der Waals surface area (Å²) in [6.07, 6.45) is 0. The summed E-state index contributed by atoms with van der Waals surface area (Å²) in [4.78, 5) is 23.9. The van der Waals surface area contributed by atoms with Crippen LogP contribution in [0, 0.1) is 12.7 Å². The topological polar surface area (TPSA) is 90.7 Å². The fourth-order valence-corrected chi connectivity index (χ4v) is 2.27. The highest BCUT2D eigenvalue weighted by molar-refractivity contribution is 6.33. The van der Waals surface area contributed by atoms with Crippen LogP contribution < -0.4 is 15.8 Å². The van der Waals surface area contributed by atoms with Crippen LogP contribution in [0.25, 0.3) is 0 Å². The summed E-state index contributed by atoms with van der Waals surface area (Å²) < 4.78 is 23.5. The molecular formula is C18H18ClFN2O4. The molecule has 0 saturated heterocycles. The number of nitrogens with one attached hydrogen (secondary N) is 1. The maximum Gasteiger partial charge on any atom is 0.342 e. The molecule has 26 heavy (non-hydrogen) atoms. The summed E-state index contributed by atoms with van der Waals surface area (Å²) in [5.74, 6) is -1.47. The fraction of sp³-hybridized carbons (Fsp3) is 0.222. The Morgan fingerprint density at radius 3 is 2.65 bits per heavy atom. The first-order valence-corrected chi connectivity index (χ1v) is 8.01. The molecule has 0 aliphatic rings. The second-order valence-electron chi connectivity index (χ2n) is 5.51. The highest BCUT2D eigenvalue weighted by atomic mass is 35.5. The van der Waals surface area contributed by atoms with Gasteiger partial charge in [0.15, 0.2) is 6.61 Å². The number of benzene rings is 2. The van der Waals surface area contributed by atoms with Gasteiger partial charge in [0.1, 0.15) is 17.1 Å². The van der Waals surface area contributed by atoms with Gasteiger partial charge in [0.25, 0.3) is 5.91 Å². The summed E-state index contributed by atoms with van der Waals surface area (Å²) >= 11 is 5.89. The standard InChI is InChI=1S/C18H18ClFN2O4/c1-10-3-4-11(5-14(10)20)8-22-17(23)9-26-18(24)12-6-13(19)15(21)7-16(12)25-2/h3-7H,8-9,21H2,1-2H3,(H,22,23). The summed E-state index contributed by atoms with van der Waals surface area (Å²) in [5.41, 5.74) is 7.07. The minimum absolute atomic E-state index is 0.0557. The number of amides is 1. The van der Waals surface area contributed by atoms with Gasteiger partial charge in [-0.25, -0.2) is 9.18 Å². The van der Waals surface area contributed by atoms with Crippen molar-refractivity contribution in [3.63, 3.8) is 0 Å². The number of anilines is 1. The van der Waals surface area contributed by atoms with E-state index in [1.807, 2.05) is 0 Å². The first-order valence-electron chi connectivity index (χ1n) is 7.63. The Bertz CT molecular complexity index is 842. The van der Waals surface area contributed by atoms with Crippen molar-refractivity contribution in [1.82, 2.24) is 5.32 Å². The van der Waals surface area contributed by atoms with Crippen molar-refractivity contribution >= 4 is 29.2 Å². The van der Waals surface area contributed by atoms with Crippen LogP contribution in [-0.2, 0) is 16.1 Å². The molecule has 2 rings (SSSR count). The van der Waals surface area contributed by atoms with Gasteiger partial charge in [-0.05, 0) is 30.2 Å². The molecule has 0 aromatic heterocycles. The van der Waals surface area contributed by atoms with Crippen molar-refractivity contribution in [3.8, 4) is 5.75 Å². The molecule has 0 aliphatic carbocycles. The molecule has 0 unspecified atom stereocenters. The Hall–Kier alpha value is -2.80. The lowest BCUT2D eigenvalue weighted by molar-refractivity contribution is -0.124. The van der Waals surface area contributed by atoms with E-state index in [0.717, 1.165) is 0 Å². The summed E-state index contributed by atoms with van der Waals surface area (Å²) in [6.45, 7) is 1.26. The van der Waals surface area contributed by atoms with Gasteiger partial charge in [0, 0.05) is 12.6 Å². The lowest BCUT2D eigenvalue weighted by Crippen LogP contribution is -2.28. The molecule has 0 heterocycles. The van der Waals surface area contributed by atoms with Gasteiger partial charge in [-0.1, -0.05) is 23.7 Å². The molecule has 1 amide bonds. The minimum Gasteiger partial charge on any atom is -0.496 e. The van der Waals surface area contributed by atoms with Crippen LogP contribution in [-0.4, -0.2) is 25.6 Å². The minimum atomic E-state index is -0.778. The van der Waals surface area contributed by atoms with Crippen LogP contribution in [0.2, 0.25) is 5.02 Å². The van der Waals surface area contributed by atoms with Crippen LogP contribution in [0.4, 0.5) is 10.1 Å². The van der Waals surface area contributed by atoms with Crippen LogP contribution in [0.1, 0.15) is 21.5 Å². The zero-order chi connectivity index (χ0) is 19.3. The molecule has 0 bridgehead atoms. The van der Waals surface area contributed by atoms with Crippen molar-refractivity contribution in [1.29, 1.82) is 0 Å². The number of hydrogen-bond acceptors (Lipinski definition) is 5. The molecule has 0 atom stereocenters. The first kappa shape index (κ1) is 19.5. The second kappa shape index (κ2) is 8.53. The number of hydrogen-bond donors (Lipinski definition) is 2. The molecule has 2 aromatic rings. The maximum absolute atomic E-state index is 13.5. The van der Waals surface area contributed by atoms with Crippen molar-refractivity contribution in [2.75, 3.05) is 19.5 Å². The number of carbonyl (C=O) groups excluding carboxylic acids is 2. The van der Waals surface area contributed by atoms with Crippen molar-refractivity contribution in [2.24, 2.45) is 0 Å². The van der Waals surface area contributed by atoms with Crippen molar-refractivity contribution < 1.29 is 23.5 Å². The highest BCUT2D eigenvalue weighted by Crippen LogP contribution is 2.29. The van der Waals surface area contributed by atoms with E-state index >= 15 is 0 Å². The number of ether oxygens (including phenoxy) is 2. The Kier molecular flexibility index (Phi) is 6.41. The lowest BCUT2D eigenvalue weighted by Gasteiger charge is -2.11. The number of rotatable bonds is 6. The molecule has 6 nitrogen and oxygen atoms in total. The van der Waals surface area contributed by atoms with Crippen LogP contribution in [0.5, 0.6) is 5.75 Å². The van der Waals surface area contributed by atoms with Crippen LogP contribution in [0.3, 0.4) is 0 Å². The van der Waals surface area contributed by atoms with Crippen LogP contribution >= 0.6 is 11.6 Å². The molecule has 0 aliphatic heterocycles. The molecular weight excluding hydrogens is 363 g/mol. The van der Waals surface area contributed by atoms with Gasteiger partial charge < -0.3 is 20.5 Å². The Labute approximate surface area is 155 Å². The van der Waals surface area contributed by atoms with E-state index in [4.69, 9.17) is 26.8 Å². The van der Waals surface area contributed by atoms with Gasteiger partial charge >= 0.3 is 5.97 Å². The van der Waals surface area contributed by atoms with E-state index < -0.39 is 18.5 Å².